The van der Waals surface area contributed by atoms with Crippen molar-refractivity contribution < 1.29 is 0 Å². The summed E-state index contributed by atoms with van der Waals surface area (Å²) in [5, 5.41) is 9.73. The van der Waals surface area contributed by atoms with Gasteiger partial charge in [0.2, 0.25) is 0 Å². The average molecular weight is 182 g/mol. The highest BCUT2D eigenvalue weighted by molar-refractivity contribution is 5.92. The number of benzene rings is 1. The maximum Gasteiger partial charge on any atom is 0.0915 e. The van der Waals surface area contributed by atoms with Crippen LogP contribution in [0, 0.1) is 11.3 Å². The Morgan fingerprint density at radius 3 is 3.00 bits per heavy atom. The van der Waals surface area contributed by atoms with Crippen molar-refractivity contribution in [3.8, 4) is 6.07 Å². The van der Waals surface area contributed by atoms with Gasteiger partial charge >= 0.3 is 0 Å². The summed E-state index contributed by atoms with van der Waals surface area (Å²) < 4.78 is 0. The molecule has 2 nitrogen and oxygen atoms in total. The highest BCUT2D eigenvalue weighted by Crippen LogP contribution is 2.23. The molecule has 2 rings (SSSR count). The molecule has 1 aromatic heterocycles. The maximum atomic E-state index is 8.57. The normalized spacial score (nSPS) is 11.6. The van der Waals surface area contributed by atoms with Crippen LogP contribution in [0.2, 0.25) is 0 Å². The number of fused-ring (bicyclic) bond motifs is 1. The van der Waals surface area contributed by atoms with E-state index < -0.39 is 0 Å². The minimum Gasteiger partial charge on any atom is -0.361 e. The predicted molar refractivity (Wildman–Crippen MR) is 57.6 cm³/mol. The van der Waals surface area contributed by atoms with Crippen molar-refractivity contribution in [2.24, 2.45) is 0 Å². The largest absolute Gasteiger partial charge is 0.361 e. The van der Waals surface area contributed by atoms with E-state index in [-0.39, 0.29) is 0 Å². The molecule has 1 aromatic carbocycles. The van der Waals surface area contributed by atoms with Gasteiger partial charge in [-0.2, -0.15) is 5.26 Å². The Labute approximate surface area is 82.5 Å². The topological polar surface area (TPSA) is 39.6 Å². The number of hydrogen-bond acceptors (Lipinski definition) is 1. The SMILES string of the molecule is C/C(=C/C#N)c1c[nH]c2ccccc12. The van der Waals surface area contributed by atoms with Crippen LogP contribution in [0.15, 0.2) is 36.5 Å². The van der Waals surface area contributed by atoms with Gasteiger partial charge in [-0.25, -0.2) is 0 Å². The Morgan fingerprint density at radius 2 is 2.21 bits per heavy atom. The zero-order chi connectivity index (χ0) is 9.97. The number of nitrogens with one attached hydrogen (secondary N) is 1. The van der Waals surface area contributed by atoms with E-state index in [9.17, 15) is 0 Å². The van der Waals surface area contributed by atoms with Crippen molar-refractivity contribution in [1.29, 1.82) is 5.26 Å². The molecule has 2 heteroatoms. The molecule has 68 valence electrons. The van der Waals surface area contributed by atoms with Crippen LogP contribution in [0.1, 0.15) is 12.5 Å². The van der Waals surface area contributed by atoms with Crippen LogP contribution in [0.3, 0.4) is 0 Å². The van der Waals surface area contributed by atoms with E-state index in [1.54, 1.807) is 6.08 Å². The molecular formula is C12H10N2. The molecule has 1 N–H and O–H groups in total. The first-order valence-electron chi connectivity index (χ1n) is 4.46. The van der Waals surface area contributed by atoms with E-state index in [4.69, 9.17) is 5.26 Å². The van der Waals surface area contributed by atoms with E-state index >= 15 is 0 Å². The number of aromatic nitrogens is 1. The fourth-order valence-electron chi connectivity index (χ4n) is 1.57. The predicted octanol–water partition coefficient (Wildman–Crippen LogP) is 3.09. The van der Waals surface area contributed by atoms with Crippen molar-refractivity contribution in [1.82, 2.24) is 4.98 Å². The third-order valence-electron chi connectivity index (χ3n) is 2.30. The summed E-state index contributed by atoms with van der Waals surface area (Å²) in [7, 11) is 0. The smallest absolute Gasteiger partial charge is 0.0915 e. The summed E-state index contributed by atoms with van der Waals surface area (Å²) in [4.78, 5) is 3.18. The summed E-state index contributed by atoms with van der Waals surface area (Å²) in [6.45, 7) is 1.94. The van der Waals surface area contributed by atoms with Crippen LogP contribution < -0.4 is 0 Å². The summed E-state index contributed by atoms with van der Waals surface area (Å²) in [6, 6.07) is 10.1. The first-order valence-corrected chi connectivity index (χ1v) is 4.46. The molecule has 0 aliphatic heterocycles. The van der Waals surface area contributed by atoms with Crippen molar-refractivity contribution in [2.75, 3.05) is 0 Å². The van der Waals surface area contributed by atoms with Crippen molar-refractivity contribution in [3.05, 3.63) is 42.1 Å². The quantitative estimate of drug-likeness (QED) is 0.676. The Bertz CT molecular complexity index is 526. The maximum absolute atomic E-state index is 8.57. The second-order valence-corrected chi connectivity index (χ2v) is 3.20. The van der Waals surface area contributed by atoms with Crippen LogP contribution in [0.25, 0.3) is 16.5 Å². The van der Waals surface area contributed by atoms with E-state index in [1.165, 1.54) is 0 Å². The van der Waals surface area contributed by atoms with Gasteiger partial charge in [0.15, 0.2) is 0 Å². The van der Waals surface area contributed by atoms with Gasteiger partial charge in [-0.1, -0.05) is 18.2 Å². The summed E-state index contributed by atoms with van der Waals surface area (Å²) >= 11 is 0. The molecule has 0 unspecified atom stereocenters. The minimum absolute atomic E-state index is 0.991. The van der Waals surface area contributed by atoms with Crippen LogP contribution >= 0.6 is 0 Å². The first kappa shape index (κ1) is 8.58. The highest BCUT2D eigenvalue weighted by atomic mass is 14.7. The molecular weight excluding hydrogens is 172 g/mol. The molecule has 0 atom stereocenters. The summed E-state index contributed by atoms with van der Waals surface area (Å²) in [6.07, 6.45) is 3.50. The van der Waals surface area contributed by atoms with Crippen LogP contribution in [-0.2, 0) is 0 Å². The number of allylic oxidation sites excluding steroid dienone is 2. The third kappa shape index (κ3) is 1.29. The molecule has 2 aromatic rings. The van der Waals surface area contributed by atoms with Gasteiger partial charge in [0.1, 0.15) is 0 Å². The van der Waals surface area contributed by atoms with Gasteiger partial charge in [0, 0.05) is 28.7 Å². The molecule has 0 amide bonds. The monoisotopic (exact) mass is 182 g/mol. The number of nitriles is 1. The lowest BCUT2D eigenvalue weighted by Gasteiger charge is -1.95. The van der Waals surface area contributed by atoms with Crippen molar-refractivity contribution in [3.63, 3.8) is 0 Å². The molecule has 0 radical (unpaired) electrons. The number of H-pyrrole nitrogens is 1. The highest BCUT2D eigenvalue weighted by Gasteiger charge is 2.03. The second-order valence-electron chi connectivity index (χ2n) is 3.20. The number of para-hydroxylation sites is 1. The fraction of sp³-hybridized carbons (Fsp3) is 0.0833. The van der Waals surface area contributed by atoms with E-state index in [2.05, 4.69) is 11.1 Å². The van der Waals surface area contributed by atoms with Crippen LogP contribution in [-0.4, -0.2) is 4.98 Å². The molecule has 0 aliphatic carbocycles. The van der Waals surface area contributed by atoms with Crippen molar-refractivity contribution >= 4 is 16.5 Å². The molecule has 0 saturated carbocycles. The third-order valence-corrected chi connectivity index (χ3v) is 2.30. The Kier molecular flexibility index (Phi) is 2.08. The second kappa shape index (κ2) is 3.39. The number of nitrogens with zero attached hydrogens (tertiary/aromatic N) is 1. The van der Waals surface area contributed by atoms with Gasteiger partial charge in [0.25, 0.3) is 0 Å². The molecule has 0 aliphatic rings. The number of aromatic amines is 1. The summed E-state index contributed by atoms with van der Waals surface area (Å²) in [5.74, 6) is 0. The zero-order valence-corrected chi connectivity index (χ0v) is 7.91. The minimum atomic E-state index is 0.991. The van der Waals surface area contributed by atoms with E-state index in [1.807, 2.05) is 37.4 Å². The van der Waals surface area contributed by atoms with Gasteiger partial charge in [-0.05, 0) is 18.6 Å². The molecule has 14 heavy (non-hydrogen) atoms. The number of rotatable bonds is 1. The Morgan fingerprint density at radius 1 is 1.43 bits per heavy atom. The standard InChI is InChI=1S/C12H10N2/c1-9(6-7-13)11-8-14-12-5-3-2-4-10(11)12/h2-6,8,14H,1H3/b9-6-. The molecule has 0 fully saturated rings. The fourth-order valence-corrected chi connectivity index (χ4v) is 1.57. The Hall–Kier alpha value is -2.01. The van der Waals surface area contributed by atoms with Gasteiger partial charge in [-0.3, -0.25) is 0 Å². The first-order chi connectivity index (χ1) is 6.83. The molecule has 1 heterocycles. The van der Waals surface area contributed by atoms with Gasteiger partial charge < -0.3 is 4.98 Å². The molecule has 0 bridgehead atoms. The van der Waals surface area contributed by atoms with Crippen molar-refractivity contribution in [2.45, 2.75) is 6.92 Å². The van der Waals surface area contributed by atoms with E-state index in [0.29, 0.717) is 0 Å². The lowest BCUT2D eigenvalue weighted by molar-refractivity contribution is 1.46. The van der Waals surface area contributed by atoms with Gasteiger partial charge in [-0.15, -0.1) is 0 Å². The number of hydrogen-bond donors (Lipinski definition) is 1. The lowest BCUT2D eigenvalue weighted by atomic mass is 10.1. The van der Waals surface area contributed by atoms with Crippen LogP contribution in [0.4, 0.5) is 0 Å². The molecule has 0 spiro atoms. The van der Waals surface area contributed by atoms with E-state index in [0.717, 1.165) is 22.0 Å². The Balaban J connectivity index is 2.65. The van der Waals surface area contributed by atoms with Gasteiger partial charge in [0.05, 0.1) is 6.07 Å². The van der Waals surface area contributed by atoms with Crippen LogP contribution in [0.5, 0.6) is 0 Å². The summed E-state index contributed by atoms with van der Waals surface area (Å²) in [5.41, 5.74) is 3.19. The zero-order valence-electron chi connectivity index (χ0n) is 7.91. The molecule has 0 saturated heterocycles. The average Bonchev–Trinajstić information content (AvgIpc) is 2.61. The lowest BCUT2D eigenvalue weighted by Crippen LogP contribution is -1.74.